The smallest absolute Gasteiger partial charge is 0.143 e. The van der Waals surface area contributed by atoms with Gasteiger partial charge in [0, 0.05) is 55.2 Å². The minimum atomic E-state index is 0.0935. The maximum Gasteiger partial charge on any atom is 0.143 e. The van der Waals surface area contributed by atoms with E-state index in [1.165, 1.54) is 6.42 Å². The van der Waals surface area contributed by atoms with Gasteiger partial charge in [0.05, 0.1) is 11.6 Å². The molecule has 2 aliphatic heterocycles. The van der Waals surface area contributed by atoms with Crippen LogP contribution in [0.2, 0.25) is 5.02 Å². The van der Waals surface area contributed by atoms with Crippen LogP contribution in [-0.4, -0.2) is 43.6 Å². The third-order valence-electron chi connectivity index (χ3n) is 6.04. The summed E-state index contributed by atoms with van der Waals surface area (Å²) in [5, 5.41) is 7.45. The van der Waals surface area contributed by atoms with Crippen LogP contribution in [0.3, 0.4) is 0 Å². The van der Waals surface area contributed by atoms with E-state index in [1.54, 1.807) is 6.20 Å². The zero-order valence-electron chi connectivity index (χ0n) is 17.3. The van der Waals surface area contributed by atoms with Crippen molar-refractivity contribution >= 4 is 23.1 Å². The van der Waals surface area contributed by atoms with Gasteiger partial charge in [0.2, 0.25) is 0 Å². The Morgan fingerprint density at radius 1 is 1.27 bits per heavy atom. The van der Waals surface area contributed by atoms with Crippen LogP contribution in [0.4, 0.5) is 5.69 Å². The Labute approximate surface area is 183 Å². The number of anilines is 1. The summed E-state index contributed by atoms with van der Waals surface area (Å²) in [4.78, 5) is 17.1. The fourth-order valence-electron chi connectivity index (χ4n) is 4.28. The van der Waals surface area contributed by atoms with Crippen LogP contribution < -0.4 is 10.6 Å². The maximum atomic E-state index is 12.7. The molecule has 3 heterocycles. The van der Waals surface area contributed by atoms with Crippen molar-refractivity contribution in [3.8, 4) is 11.1 Å². The van der Waals surface area contributed by atoms with E-state index < -0.39 is 0 Å². The van der Waals surface area contributed by atoms with Crippen LogP contribution in [0.5, 0.6) is 0 Å². The van der Waals surface area contributed by atoms with Gasteiger partial charge in [0.25, 0.3) is 0 Å². The molecular weight excluding hydrogens is 398 g/mol. The molecule has 160 valence electrons. The van der Waals surface area contributed by atoms with Crippen LogP contribution in [0.15, 0.2) is 36.5 Å². The third kappa shape index (κ3) is 5.60. The van der Waals surface area contributed by atoms with E-state index in [1.807, 2.05) is 18.2 Å². The summed E-state index contributed by atoms with van der Waals surface area (Å²) in [6, 6.07) is 10.2. The summed E-state index contributed by atoms with van der Waals surface area (Å²) < 4.78 is 5.57. The molecule has 2 aromatic rings. The zero-order chi connectivity index (χ0) is 20.8. The second kappa shape index (κ2) is 10.4. The predicted octanol–water partition coefficient (Wildman–Crippen LogP) is 4.35. The number of hydrogen-bond donors (Lipinski definition) is 2. The van der Waals surface area contributed by atoms with Crippen LogP contribution in [-0.2, 0) is 16.0 Å². The standard InChI is InChI=1S/C24H30ClN3O2/c25-23-15-28-21(12-24(29)19-6-2-8-26-14-19)11-22(23)18-5-1-7-20(10-18)27-13-17-4-3-9-30-16-17/h1,5,7,10-11,15,17,19,26-27H,2-4,6,8-9,12-14,16H2/t17-,19+/m0/s1. The first-order chi connectivity index (χ1) is 14.7. The lowest BCUT2D eigenvalue weighted by Gasteiger charge is -2.23. The lowest BCUT2D eigenvalue weighted by atomic mass is 9.92. The molecule has 0 radical (unpaired) electrons. The van der Waals surface area contributed by atoms with Crippen molar-refractivity contribution in [1.29, 1.82) is 0 Å². The van der Waals surface area contributed by atoms with E-state index >= 15 is 0 Å². The first-order valence-electron chi connectivity index (χ1n) is 11.0. The fraction of sp³-hybridized carbons (Fsp3) is 0.500. The average molecular weight is 428 g/mol. The quantitative estimate of drug-likeness (QED) is 0.687. The van der Waals surface area contributed by atoms with Gasteiger partial charge in [-0.15, -0.1) is 0 Å². The molecule has 0 bridgehead atoms. The molecule has 4 rings (SSSR count). The second-order valence-electron chi connectivity index (χ2n) is 8.39. The number of hydrogen-bond acceptors (Lipinski definition) is 5. The molecule has 2 atom stereocenters. The SMILES string of the molecule is O=C(Cc1cc(-c2cccc(NC[C@@H]3CCCOC3)c2)c(Cl)cn1)[C@@H]1CCCNC1. The minimum Gasteiger partial charge on any atom is -0.385 e. The number of pyridine rings is 1. The van der Waals surface area contributed by atoms with E-state index in [4.69, 9.17) is 16.3 Å². The van der Waals surface area contributed by atoms with Crippen LogP contribution >= 0.6 is 11.6 Å². The number of ketones is 1. The van der Waals surface area contributed by atoms with Crippen molar-refractivity contribution in [3.05, 3.63) is 47.2 Å². The van der Waals surface area contributed by atoms with Crippen molar-refractivity contribution in [1.82, 2.24) is 10.3 Å². The van der Waals surface area contributed by atoms with Crippen molar-refractivity contribution in [3.63, 3.8) is 0 Å². The minimum absolute atomic E-state index is 0.0935. The lowest BCUT2D eigenvalue weighted by molar-refractivity contribution is -0.122. The van der Waals surface area contributed by atoms with E-state index in [0.717, 1.165) is 74.6 Å². The summed E-state index contributed by atoms with van der Waals surface area (Å²) in [5.41, 5.74) is 3.79. The number of rotatable bonds is 7. The summed E-state index contributed by atoms with van der Waals surface area (Å²) in [6.45, 7) is 4.40. The molecule has 2 fully saturated rings. The summed E-state index contributed by atoms with van der Waals surface area (Å²) in [5.74, 6) is 0.905. The molecule has 2 N–H and O–H groups in total. The number of Topliss-reactive ketones (excluding diaryl/α,β-unsaturated/α-hetero) is 1. The largest absolute Gasteiger partial charge is 0.385 e. The zero-order valence-corrected chi connectivity index (χ0v) is 18.1. The molecular formula is C24H30ClN3O2. The number of aromatic nitrogens is 1. The Morgan fingerprint density at radius 3 is 3.00 bits per heavy atom. The molecule has 0 spiro atoms. The van der Waals surface area contributed by atoms with Crippen molar-refractivity contribution in [2.75, 3.05) is 38.2 Å². The van der Waals surface area contributed by atoms with E-state index in [0.29, 0.717) is 17.4 Å². The van der Waals surface area contributed by atoms with Crippen molar-refractivity contribution in [2.45, 2.75) is 32.1 Å². The number of benzene rings is 1. The topological polar surface area (TPSA) is 63.2 Å². The number of carbonyl (C=O) groups is 1. The molecule has 0 amide bonds. The molecule has 2 saturated heterocycles. The summed E-state index contributed by atoms with van der Waals surface area (Å²) in [6.07, 6.45) is 6.39. The Kier molecular flexibility index (Phi) is 7.37. The van der Waals surface area contributed by atoms with Gasteiger partial charge in [0.1, 0.15) is 5.78 Å². The molecule has 0 unspecified atom stereocenters. The van der Waals surface area contributed by atoms with Gasteiger partial charge < -0.3 is 15.4 Å². The van der Waals surface area contributed by atoms with E-state index in [9.17, 15) is 4.79 Å². The molecule has 1 aromatic carbocycles. The molecule has 30 heavy (non-hydrogen) atoms. The Morgan fingerprint density at radius 2 is 2.20 bits per heavy atom. The highest BCUT2D eigenvalue weighted by atomic mass is 35.5. The highest BCUT2D eigenvalue weighted by molar-refractivity contribution is 6.33. The highest BCUT2D eigenvalue weighted by Gasteiger charge is 2.21. The van der Waals surface area contributed by atoms with E-state index in [-0.39, 0.29) is 11.7 Å². The van der Waals surface area contributed by atoms with Crippen LogP contribution in [0, 0.1) is 11.8 Å². The lowest BCUT2D eigenvalue weighted by Crippen LogP contribution is -2.35. The molecule has 0 saturated carbocycles. The van der Waals surface area contributed by atoms with Gasteiger partial charge in [-0.2, -0.15) is 0 Å². The first-order valence-corrected chi connectivity index (χ1v) is 11.4. The Bertz CT molecular complexity index is 861. The van der Waals surface area contributed by atoms with Crippen molar-refractivity contribution in [2.24, 2.45) is 11.8 Å². The van der Waals surface area contributed by atoms with Gasteiger partial charge in [-0.05, 0) is 61.9 Å². The number of piperidine rings is 1. The fourth-order valence-corrected chi connectivity index (χ4v) is 4.49. The van der Waals surface area contributed by atoms with Gasteiger partial charge in [-0.3, -0.25) is 9.78 Å². The Hall–Kier alpha value is -1.95. The number of nitrogens with one attached hydrogen (secondary N) is 2. The summed E-state index contributed by atoms with van der Waals surface area (Å²) >= 11 is 6.47. The van der Waals surface area contributed by atoms with Gasteiger partial charge in [0.15, 0.2) is 0 Å². The van der Waals surface area contributed by atoms with Gasteiger partial charge >= 0.3 is 0 Å². The van der Waals surface area contributed by atoms with Gasteiger partial charge in [-0.25, -0.2) is 0 Å². The monoisotopic (exact) mass is 427 g/mol. The van der Waals surface area contributed by atoms with Crippen molar-refractivity contribution < 1.29 is 9.53 Å². The third-order valence-corrected chi connectivity index (χ3v) is 6.34. The van der Waals surface area contributed by atoms with Crippen LogP contribution in [0.1, 0.15) is 31.4 Å². The summed E-state index contributed by atoms with van der Waals surface area (Å²) in [7, 11) is 0. The maximum absolute atomic E-state index is 12.7. The number of nitrogens with zero attached hydrogens (tertiary/aromatic N) is 1. The van der Waals surface area contributed by atoms with Gasteiger partial charge in [-0.1, -0.05) is 23.7 Å². The number of halogens is 1. The number of carbonyl (C=O) groups excluding carboxylic acids is 1. The number of ether oxygens (including phenoxy) is 1. The van der Waals surface area contributed by atoms with Crippen LogP contribution in [0.25, 0.3) is 11.1 Å². The molecule has 5 nitrogen and oxygen atoms in total. The highest BCUT2D eigenvalue weighted by Crippen LogP contribution is 2.30. The molecule has 6 heteroatoms. The average Bonchev–Trinajstić information content (AvgIpc) is 2.80. The molecule has 1 aromatic heterocycles. The first kappa shape index (κ1) is 21.3. The molecule has 2 aliphatic rings. The van der Waals surface area contributed by atoms with E-state index in [2.05, 4.69) is 27.8 Å². The molecule has 0 aliphatic carbocycles. The second-order valence-corrected chi connectivity index (χ2v) is 8.79. The normalized spacial score (nSPS) is 21.9. The Balaban J connectivity index is 1.45. The predicted molar refractivity (Wildman–Crippen MR) is 121 cm³/mol.